The maximum atomic E-state index is 12.7. The number of fused-ring (bicyclic) bond motifs is 3. The van der Waals surface area contributed by atoms with Crippen molar-refractivity contribution in [1.82, 2.24) is 0 Å². The molecule has 2 aromatic rings. The monoisotopic (exact) mass is 250 g/mol. The molecule has 0 saturated heterocycles. The zero-order chi connectivity index (χ0) is 12.8. The molecule has 1 aliphatic heterocycles. The van der Waals surface area contributed by atoms with Crippen LogP contribution in [-0.4, -0.2) is 0 Å². The van der Waals surface area contributed by atoms with Gasteiger partial charge in [0.15, 0.2) is 0 Å². The van der Waals surface area contributed by atoms with Crippen LogP contribution in [0.3, 0.4) is 0 Å². The van der Waals surface area contributed by atoms with Crippen molar-refractivity contribution in [2.45, 2.75) is 12.8 Å². The highest BCUT2D eigenvalue weighted by Crippen LogP contribution is 2.41. The van der Waals surface area contributed by atoms with E-state index in [2.05, 4.69) is 0 Å². The molecule has 92 valence electrons. The molecular formula is C14H9F3O. The highest BCUT2D eigenvalue weighted by molar-refractivity contribution is 5.75. The van der Waals surface area contributed by atoms with Crippen molar-refractivity contribution in [3.63, 3.8) is 0 Å². The molecule has 1 nitrogen and oxygen atoms in total. The molecule has 18 heavy (non-hydrogen) atoms. The first-order valence-electron chi connectivity index (χ1n) is 5.48. The largest absolute Gasteiger partial charge is 0.488 e. The zero-order valence-corrected chi connectivity index (χ0v) is 9.29. The van der Waals surface area contributed by atoms with Crippen LogP contribution < -0.4 is 4.74 Å². The highest BCUT2D eigenvalue weighted by Gasteiger charge is 2.32. The highest BCUT2D eigenvalue weighted by atomic mass is 19.4. The van der Waals surface area contributed by atoms with Gasteiger partial charge in [-0.1, -0.05) is 24.3 Å². The summed E-state index contributed by atoms with van der Waals surface area (Å²) >= 11 is 0. The molecule has 0 N–H and O–H groups in total. The third-order valence-corrected chi connectivity index (χ3v) is 3.00. The van der Waals surface area contributed by atoms with E-state index in [4.69, 9.17) is 4.74 Å². The maximum Gasteiger partial charge on any atom is 0.416 e. The smallest absolute Gasteiger partial charge is 0.416 e. The number of benzene rings is 2. The third kappa shape index (κ3) is 1.74. The topological polar surface area (TPSA) is 9.23 Å². The minimum absolute atomic E-state index is 0.397. The summed E-state index contributed by atoms with van der Waals surface area (Å²) in [5.41, 5.74) is 1.57. The van der Waals surface area contributed by atoms with Crippen molar-refractivity contribution in [3.8, 4) is 16.9 Å². The minimum Gasteiger partial charge on any atom is -0.488 e. The van der Waals surface area contributed by atoms with E-state index in [1.807, 2.05) is 24.3 Å². The molecule has 0 amide bonds. The first-order valence-corrected chi connectivity index (χ1v) is 5.48. The average Bonchev–Trinajstić information content (AvgIpc) is 2.37. The van der Waals surface area contributed by atoms with Crippen LogP contribution in [0.4, 0.5) is 13.2 Å². The number of rotatable bonds is 0. The Kier molecular flexibility index (Phi) is 2.33. The summed E-state index contributed by atoms with van der Waals surface area (Å²) in [6, 6.07) is 10.9. The molecule has 4 heteroatoms. The maximum absolute atomic E-state index is 12.7. The van der Waals surface area contributed by atoms with E-state index in [1.165, 1.54) is 6.07 Å². The van der Waals surface area contributed by atoms with E-state index >= 15 is 0 Å². The number of halogens is 3. The fraction of sp³-hybridized carbons (Fsp3) is 0.143. The fourth-order valence-corrected chi connectivity index (χ4v) is 2.11. The van der Waals surface area contributed by atoms with E-state index in [9.17, 15) is 13.2 Å². The molecule has 0 unspecified atom stereocenters. The van der Waals surface area contributed by atoms with Crippen molar-refractivity contribution in [2.24, 2.45) is 0 Å². The normalized spacial score (nSPS) is 13.5. The molecule has 0 spiro atoms. The van der Waals surface area contributed by atoms with Gasteiger partial charge < -0.3 is 4.74 Å². The Morgan fingerprint density at radius 1 is 0.944 bits per heavy atom. The predicted molar refractivity (Wildman–Crippen MR) is 61.2 cm³/mol. The molecular weight excluding hydrogens is 241 g/mol. The van der Waals surface area contributed by atoms with Gasteiger partial charge >= 0.3 is 6.18 Å². The lowest BCUT2D eigenvalue weighted by Crippen LogP contribution is -2.09. The van der Waals surface area contributed by atoms with Crippen LogP contribution in [0.15, 0.2) is 42.5 Å². The molecule has 0 atom stereocenters. The fourth-order valence-electron chi connectivity index (χ4n) is 2.11. The second-order valence-electron chi connectivity index (χ2n) is 4.15. The average molecular weight is 250 g/mol. The molecule has 0 radical (unpaired) electrons. The molecule has 0 aliphatic carbocycles. The van der Waals surface area contributed by atoms with Gasteiger partial charge in [0.05, 0.1) is 5.56 Å². The van der Waals surface area contributed by atoms with Gasteiger partial charge in [-0.3, -0.25) is 0 Å². The van der Waals surface area contributed by atoms with E-state index in [-0.39, 0.29) is 0 Å². The number of ether oxygens (including phenoxy) is 1. The Bertz CT molecular complexity index is 602. The van der Waals surface area contributed by atoms with Gasteiger partial charge in [-0.05, 0) is 29.3 Å². The third-order valence-electron chi connectivity index (χ3n) is 3.00. The van der Waals surface area contributed by atoms with E-state index in [0.717, 1.165) is 23.3 Å². The van der Waals surface area contributed by atoms with Gasteiger partial charge in [-0.15, -0.1) is 0 Å². The Balaban J connectivity index is 2.19. The molecule has 3 rings (SSSR count). The molecule has 0 bridgehead atoms. The van der Waals surface area contributed by atoms with E-state index in [0.29, 0.717) is 17.9 Å². The van der Waals surface area contributed by atoms with Crippen molar-refractivity contribution in [1.29, 1.82) is 0 Å². The second kappa shape index (κ2) is 3.77. The Morgan fingerprint density at radius 2 is 1.72 bits per heavy atom. The van der Waals surface area contributed by atoms with Gasteiger partial charge in [0.1, 0.15) is 12.4 Å². The molecule has 0 saturated carbocycles. The van der Waals surface area contributed by atoms with Crippen LogP contribution in [0.25, 0.3) is 11.1 Å². The molecule has 1 heterocycles. The molecule has 2 aromatic carbocycles. The zero-order valence-electron chi connectivity index (χ0n) is 9.29. The molecule has 0 fully saturated rings. The summed E-state index contributed by atoms with van der Waals surface area (Å²) in [7, 11) is 0. The molecule has 1 aliphatic rings. The summed E-state index contributed by atoms with van der Waals surface area (Å²) < 4.78 is 43.5. The van der Waals surface area contributed by atoms with Gasteiger partial charge in [-0.2, -0.15) is 13.2 Å². The quantitative estimate of drug-likeness (QED) is 0.678. The lowest BCUT2D eigenvalue weighted by atomic mass is 9.95. The minimum atomic E-state index is -4.33. The van der Waals surface area contributed by atoms with Gasteiger partial charge in [0, 0.05) is 5.56 Å². The van der Waals surface area contributed by atoms with Crippen LogP contribution in [-0.2, 0) is 12.8 Å². The summed E-state index contributed by atoms with van der Waals surface area (Å²) in [6.45, 7) is 0.397. The van der Waals surface area contributed by atoms with E-state index < -0.39 is 11.7 Å². The number of hydrogen-bond donors (Lipinski definition) is 0. The van der Waals surface area contributed by atoms with Crippen LogP contribution in [0.1, 0.15) is 11.1 Å². The van der Waals surface area contributed by atoms with Gasteiger partial charge in [-0.25, -0.2) is 0 Å². The number of hydrogen-bond acceptors (Lipinski definition) is 1. The lowest BCUT2D eigenvalue weighted by Gasteiger charge is -2.21. The van der Waals surface area contributed by atoms with Crippen molar-refractivity contribution >= 4 is 0 Å². The van der Waals surface area contributed by atoms with Crippen LogP contribution >= 0.6 is 0 Å². The Morgan fingerprint density at radius 3 is 2.50 bits per heavy atom. The van der Waals surface area contributed by atoms with E-state index in [1.54, 1.807) is 0 Å². The van der Waals surface area contributed by atoms with Crippen LogP contribution in [0, 0.1) is 0 Å². The van der Waals surface area contributed by atoms with Crippen LogP contribution in [0.5, 0.6) is 5.75 Å². The van der Waals surface area contributed by atoms with Gasteiger partial charge in [0.25, 0.3) is 0 Å². The summed E-state index contributed by atoms with van der Waals surface area (Å²) in [4.78, 5) is 0. The lowest BCUT2D eigenvalue weighted by molar-refractivity contribution is -0.137. The van der Waals surface area contributed by atoms with Crippen molar-refractivity contribution in [3.05, 3.63) is 53.6 Å². The molecule has 0 aromatic heterocycles. The van der Waals surface area contributed by atoms with Crippen molar-refractivity contribution in [2.75, 3.05) is 0 Å². The van der Waals surface area contributed by atoms with Gasteiger partial charge in [0.2, 0.25) is 0 Å². The SMILES string of the molecule is FC(F)(F)c1ccc2c(c1)-c1ccccc1CO2. The summed E-state index contributed by atoms with van der Waals surface area (Å²) in [5, 5.41) is 0. The Hall–Kier alpha value is -1.97. The van der Waals surface area contributed by atoms with Crippen molar-refractivity contribution < 1.29 is 17.9 Å². The van der Waals surface area contributed by atoms with Crippen LogP contribution in [0.2, 0.25) is 0 Å². The number of alkyl halides is 3. The second-order valence-corrected chi connectivity index (χ2v) is 4.15. The predicted octanol–water partition coefficient (Wildman–Crippen LogP) is 4.26. The summed E-state index contributed by atoms with van der Waals surface area (Å²) in [5.74, 6) is 0.502. The standard InChI is InChI=1S/C14H9F3O/c15-14(16,17)10-5-6-13-12(7-10)11-4-2-1-3-9(11)8-18-13/h1-7H,8H2. The first-order chi connectivity index (χ1) is 8.55. The Labute approximate surface area is 102 Å². The first kappa shape index (κ1) is 11.1. The summed E-state index contributed by atoms with van der Waals surface area (Å²) in [6.07, 6.45) is -4.33.